The molecule has 0 spiro atoms. The molecule has 2 aromatic carbocycles. The molecule has 6 nitrogen and oxygen atoms in total. The van der Waals surface area contributed by atoms with Gasteiger partial charge in [-0.05, 0) is 11.1 Å². The normalized spacial score (nSPS) is 11.4. The first-order valence-electron chi connectivity index (χ1n) is 7.80. The van der Waals surface area contributed by atoms with E-state index in [2.05, 4.69) is 5.32 Å². The van der Waals surface area contributed by atoms with Crippen LogP contribution in [0.4, 0.5) is 0 Å². The lowest BCUT2D eigenvalue weighted by atomic mass is 10.1. The van der Waals surface area contributed by atoms with Gasteiger partial charge in [-0.1, -0.05) is 60.7 Å². The van der Waals surface area contributed by atoms with Crippen LogP contribution in [0, 0.1) is 0 Å². The summed E-state index contributed by atoms with van der Waals surface area (Å²) in [5, 5.41) is 11.6. The van der Waals surface area contributed by atoms with Crippen molar-refractivity contribution in [2.24, 2.45) is 0 Å². The molecular formula is C19H19NO5. The number of carbonyl (C=O) groups excluding carboxylic acids is 2. The summed E-state index contributed by atoms with van der Waals surface area (Å²) in [5.74, 6) is -2.43. The van der Waals surface area contributed by atoms with Crippen molar-refractivity contribution in [2.75, 3.05) is 0 Å². The molecule has 0 saturated heterocycles. The van der Waals surface area contributed by atoms with Crippen LogP contribution in [0.5, 0.6) is 0 Å². The van der Waals surface area contributed by atoms with Crippen LogP contribution in [-0.4, -0.2) is 29.0 Å². The summed E-state index contributed by atoms with van der Waals surface area (Å²) in [5.41, 5.74) is 1.56. The van der Waals surface area contributed by atoms with Gasteiger partial charge in [0.2, 0.25) is 5.91 Å². The molecule has 0 bridgehead atoms. The molecular weight excluding hydrogens is 322 g/mol. The van der Waals surface area contributed by atoms with E-state index >= 15 is 0 Å². The number of carbonyl (C=O) groups is 3. The highest BCUT2D eigenvalue weighted by Gasteiger charge is 2.24. The van der Waals surface area contributed by atoms with Crippen LogP contribution in [0.1, 0.15) is 17.5 Å². The third kappa shape index (κ3) is 6.47. The molecule has 0 saturated carbocycles. The van der Waals surface area contributed by atoms with Gasteiger partial charge >= 0.3 is 11.9 Å². The highest BCUT2D eigenvalue weighted by molar-refractivity contribution is 5.88. The first-order valence-corrected chi connectivity index (χ1v) is 7.80. The number of esters is 1. The third-order valence-electron chi connectivity index (χ3n) is 3.45. The van der Waals surface area contributed by atoms with Crippen LogP contribution in [0.25, 0.3) is 0 Å². The number of carboxylic acids is 1. The smallest absolute Gasteiger partial charge is 0.326 e. The fourth-order valence-electron chi connectivity index (χ4n) is 2.19. The zero-order chi connectivity index (χ0) is 18.1. The summed E-state index contributed by atoms with van der Waals surface area (Å²) in [6.07, 6.45) is -0.383. The van der Waals surface area contributed by atoms with Crippen LogP contribution in [0.3, 0.4) is 0 Å². The number of ether oxygens (including phenoxy) is 1. The minimum Gasteiger partial charge on any atom is -0.480 e. The largest absolute Gasteiger partial charge is 0.480 e. The first-order chi connectivity index (χ1) is 12.0. The molecule has 0 aliphatic rings. The number of hydrogen-bond acceptors (Lipinski definition) is 4. The van der Waals surface area contributed by atoms with E-state index in [1.807, 2.05) is 24.3 Å². The van der Waals surface area contributed by atoms with Crippen molar-refractivity contribution in [3.05, 3.63) is 71.8 Å². The molecule has 0 aliphatic carbocycles. The second-order valence-corrected chi connectivity index (χ2v) is 5.47. The Balaban J connectivity index is 1.84. The van der Waals surface area contributed by atoms with Gasteiger partial charge in [-0.3, -0.25) is 9.59 Å². The predicted octanol–water partition coefficient (Wildman–Crippen LogP) is 1.93. The molecule has 0 unspecified atom stereocenters. The molecule has 25 heavy (non-hydrogen) atoms. The molecule has 130 valence electrons. The Morgan fingerprint density at radius 3 is 2.04 bits per heavy atom. The monoisotopic (exact) mass is 341 g/mol. The summed E-state index contributed by atoms with van der Waals surface area (Å²) in [6.45, 7) is 0.0595. The summed E-state index contributed by atoms with van der Waals surface area (Å²) >= 11 is 0. The van der Waals surface area contributed by atoms with Crippen LogP contribution in [0.2, 0.25) is 0 Å². The number of carboxylic acid groups (broad SMARTS) is 1. The van der Waals surface area contributed by atoms with Gasteiger partial charge in [0.15, 0.2) is 0 Å². The Labute approximate surface area is 145 Å². The fourth-order valence-corrected chi connectivity index (χ4v) is 2.19. The van der Waals surface area contributed by atoms with Gasteiger partial charge in [-0.25, -0.2) is 4.79 Å². The Bertz CT molecular complexity index is 715. The van der Waals surface area contributed by atoms with Gasteiger partial charge in [0.25, 0.3) is 0 Å². The minimum atomic E-state index is -1.32. The molecule has 1 amide bonds. The van der Waals surface area contributed by atoms with E-state index in [1.54, 1.807) is 36.4 Å². The van der Waals surface area contributed by atoms with Crippen LogP contribution in [-0.2, 0) is 32.1 Å². The zero-order valence-corrected chi connectivity index (χ0v) is 13.6. The summed E-state index contributed by atoms with van der Waals surface area (Å²) < 4.78 is 5.06. The molecule has 2 rings (SSSR count). The molecule has 1 atom stereocenters. The lowest BCUT2D eigenvalue weighted by molar-refractivity contribution is -0.151. The van der Waals surface area contributed by atoms with Gasteiger partial charge in [-0.2, -0.15) is 0 Å². The van der Waals surface area contributed by atoms with Crippen molar-refractivity contribution in [1.82, 2.24) is 5.32 Å². The molecule has 0 radical (unpaired) electrons. The van der Waals surface area contributed by atoms with Gasteiger partial charge in [-0.15, -0.1) is 0 Å². The topological polar surface area (TPSA) is 92.7 Å². The number of rotatable bonds is 8. The number of nitrogens with one attached hydrogen (secondary N) is 1. The predicted molar refractivity (Wildman–Crippen MR) is 90.6 cm³/mol. The van der Waals surface area contributed by atoms with E-state index in [4.69, 9.17) is 4.74 Å². The van der Waals surface area contributed by atoms with Crippen LogP contribution >= 0.6 is 0 Å². The Morgan fingerprint density at radius 1 is 0.920 bits per heavy atom. The van der Waals surface area contributed by atoms with E-state index < -0.39 is 30.3 Å². The van der Waals surface area contributed by atoms with Crippen LogP contribution < -0.4 is 5.32 Å². The highest BCUT2D eigenvalue weighted by Crippen LogP contribution is 2.05. The third-order valence-corrected chi connectivity index (χ3v) is 3.45. The van der Waals surface area contributed by atoms with E-state index in [1.165, 1.54) is 0 Å². The second-order valence-electron chi connectivity index (χ2n) is 5.47. The molecule has 0 aliphatic heterocycles. The lowest BCUT2D eigenvalue weighted by Crippen LogP contribution is -2.43. The van der Waals surface area contributed by atoms with Crippen molar-refractivity contribution in [2.45, 2.75) is 25.5 Å². The van der Waals surface area contributed by atoms with Crippen molar-refractivity contribution in [3.8, 4) is 0 Å². The maximum Gasteiger partial charge on any atom is 0.326 e. The van der Waals surface area contributed by atoms with Crippen molar-refractivity contribution >= 4 is 17.8 Å². The average Bonchev–Trinajstić information content (AvgIpc) is 2.61. The van der Waals surface area contributed by atoms with Gasteiger partial charge < -0.3 is 15.2 Å². The van der Waals surface area contributed by atoms with Gasteiger partial charge in [0.1, 0.15) is 12.6 Å². The van der Waals surface area contributed by atoms with Gasteiger partial charge in [0.05, 0.1) is 12.8 Å². The lowest BCUT2D eigenvalue weighted by Gasteiger charge is -2.14. The van der Waals surface area contributed by atoms with E-state index in [9.17, 15) is 19.5 Å². The molecule has 0 fully saturated rings. The quantitative estimate of drug-likeness (QED) is 0.716. The summed E-state index contributed by atoms with van der Waals surface area (Å²) in [7, 11) is 0. The van der Waals surface area contributed by atoms with E-state index in [0.717, 1.165) is 11.1 Å². The second kappa shape index (κ2) is 9.22. The Morgan fingerprint density at radius 2 is 1.48 bits per heavy atom. The fraction of sp³-hybridized carbons (Fsp3) is 0.211. The SMILES string of the molecule is O=C(Cc1ccccc1)N[C@@H](CC(=O)OCc1ccccc1)C(=O)O. The maximum atomic E-state index is 12.0. The van der Waals surface area contributed by atoms with Crippen molar-refractivity contribution in [1.29, 1.82) is 0 Å². The number of benzene rings is 2. The number of hydrogen-bond donors (Lipinski definition) is 2. The first kappa shape index (κ1) is 18.2. The average molecular weight is 341 g/mol. The van der Waals surface area contributed by atoms with Crippen molar-refractivity contribution < 1.29 is 24.2 Å². The molecule has 0 heterocycles. The molecule has 2 N–H and O–H groups in total. The molecule has 6 heteroatoms. The molecule has 2 aromatic rings. The van der Waals surface area contributed by atoms with Crippen molar-refractivity contribution in [3.63, 3.8) is 0 Å². The number of aliphatic carboxylic acids is 1. The maximum absolute atomic E-state index is 12.0. The highest BCUT2D eigenvalue weighted by atomic mass is 16.5. The standard InChI is InChI=1S/C19H19NO5/c21-17(11-14-7-3-1-4-8-14)20-16(19(23)24)12-18(22)25-13-15-9-5-2-6-10-15/h1-10,16H,11-13H2,(H,20,21)(H,23,24)/t16-/m0/s1. The van der Waals surface area contributed by atoms with Crippen LogP contribution in [0.15, 0.2) is 60.7 Å². The Kier molecular flexibility index (Phi) is 6.71. The number of amides is 1. The summed E-state index contributed by atoms with van der Waals surface area (Å²) in [4.78, 5) is 35.1. The molecule has 0 aromatic heterocycles. The zero-order valence-electron chi connectivity index (χ0n) is 13.6. The minimum absolute atomic E-state index is 0.0453. The Hall–Kier alpha value is -3.15. The van der Waals surface area contributed by atoms with E-state index in [0.29, 0.717) is 0 Å². The van der Waals surface area contributed by atoms with Gasteiger partial charge in [0, 0.05) is 0 Å². The summed E-state index contributed by atoms with van der Waals surface area (Å²) in [6, 6.07) is 16.7. The van der Waals surface area contributed by atoms with E-state index in [-0.39, 0.29) is 13.0 Å².